The highest BCUT2D eigenvalue weighted by Crippen LogP contribution is 2.39. The highest BCUT2D eigenvalue weighted by molar-refractivity contribution is 7.85. The summed E-state index contributed by atoms with van der Waals surface area (Å²) in [5.74, 6) is 0.917. The third-order valence-corrected chi connectivity index (χ3v) is 6.14. The van der Waals surface area contributed by atoms with E-state index in [1.165, 1.54) is 7.11 Å². The predicted molar refractivity (Wildman–Crippen MR) is 114 cm³/mol. The molecular formula is C22H27NO6S. The van der Waals surface area contributed by atoms with Gasteiger partial charge < -0.3 is 14.4 Å². The van der Waals surface area contributed by atoms with Gasteiger partial charge in [-0.05, 0) is 36.6 Å². The molecule has 0 spiro atoms. The summed E-state index contributed by atoms with van der Waals surface area (Å²) in [5.41, 5.74) is 1.12. The molecule has 1 aliphatic heterocycles. The molecule has 0 N–H and O–H groups in total. The van der Waals surface area contributed by atoms with Gasteiger partial charge in [-0.1, -0.05) is 30.3 Å². The lowest BCUT2D eigenvalue weighted by molar-refractivity contribution is 0.0776. The van der Waals surface area contributed by atoms with Gasteiger partial charge in [0, 0.05) is 18.5 Å². The Bertz CT molecular complexity index is 992. The Labute approximate surface area is 177 Å². The highest BCUT2D eigenvalue weighted by Gasteiger charge is 2.42. The van der Waals surface area contributed by atoms with E-state index in [0.29, 0.717) is 43.0 Å². The first-order chi connectivity index (χ1) is 14.3. The van der Waals surface area contributed by atoms with Crippen molar-refractivity contribution in [2.45, 2.75) is 18.3 Å². The molecule has 1 heterocycles. The summed E-state index contributed by atoms with van der Waals surface area (Å²) in [6.07, 6.45) is 2.24. The maximum atomic E-state index is 13.3. The van der Waals surface area contributed by atoms with Crippen molar-refractivity contribution in [3.63, 3.8) is 0 Å². The van der Waals surface area contributed by atoms with Crippen LogP contribution in [0.25, 0.3) is 0 Å². The Morgan fingerprint density at radius 1 is 1.10 bits per heavy atom. The number of hydrogen-bond acceptors (Lipinski definition) is 6. The van der Waals surface area contributed by atoms with Crippen LogP contribution in [0.4, 0.5) is 0 Å². The van der Waals surface area contributed by atoms with E-state index in [1.54, 1.807) is 30.2 Å². The maximum absolute atomic E-state index is 13.3. The van der Waals surface area contributed by atoms with Crippen LogP contribution in [0.5, 0.6) is 11.5 Å². The first-order valence-electron chi connectivity index (χ1n) is 9.69. The van der Waals surface area contributed by atoms with E-state index in [1.807, 2.05) is 30.3 Å². The molecule has 1 fully saturated rings. The zero-order valence-corrected chi connectivity index (χ0v) is 18.3. The van der Waals surface area contributed by atoms with Crippen LogP contribution in [0.1, 0.15) is 28.8 Å². The van der Waals surface area contributed by atoms with Gasteiger partial charge in [-0.3, -0.25) is 8.98 Å². The fourth-order valence-electron chi connectivity index (χ4n) is 3.96. The number of likely N-dealkylation sites (tertiary alicyclic amines) is 1. The van der Waals surface area contributed by atoms with E-state index in [2.05, 4.69) is 0 Å². The van der Waals surface area contributed by atoms with Gasteiger partial charge >= 0.3 is 0 Å². The van der Waals surface area contributed by atoms with E-state index in [-0.39, 0.29) is 17.9 Å². The van der Waals surface area contributed by atoms with Gasteiger partial charge in [-0.2, -0.15) is 8.42 Å². The van der Waals surface area contributed by atoms with Gasteiger partial charge in [0.05, 0.1) is 32.6 Å². The van der Waals surface area contributed by atoms with Crippen LogP contribution < -0.4 is 9.47 Å². The molecule has 8 heteroatoms. The number of benzene rings is 2. The lowest BCUT2D eigenvalue weighted by Crippen LogP contribution is -2.35. The molecule has 0 aromatic heterocycles. The standard InChI is InChI=1S/C22H27NO6S/c1-27-18-9-10-20(28-2)19(15-18)21(24)23-13-11-22(16-23,12-14-29-30(3,25)26)17-7-5-4-6-8-17/h4-10,15H,11-14,16H2,1-3H3. The quantitative estimate of drug-likeness (QED) is 0.596. The third kappa shape index (κ3) is 4.94. The number of hydrogen-bond donors (Lipinski definition) is 0. The van der Waals surface area contributed by atoms with Crippen LogP contribution in [0.2, 0.25) is 0 Å². The molecule has 1 saturated heterocycles. The Morgan fingerprint density at radius 3 is 2.47 bits per heavy atom. The van der Waals surface area contributed by atoms with Gasteiger partial charge in [0.1, 0.15) is 11.5 Å². The predicted octanol–water partition coefficient (Wildman–Crippen LogP) is 2.85. The van der Waals surface area contributed by atoms with Crippen molar-refractivity contribution in [1.82, 2.24) is 4.90 Å². The monoisotopic (exact) mass is 433 g/mol. The fourth-order valence-corrected chi connectivity index (χ4v) is 4.35. The molecule has 1 unspecified atom stereocenters. The minimum absolute atomic E-state index is 0.0677. The Balaban J connectivity index is 1.86. The molecule has 1 atom stereocenters. The molecular weight excluding hydrogens is 406 g/mol. The van der Waals surface area contributed by atoms with Crippen molar-refractivity contribution >= 4 is 16.0 Å². The van der Waals surface area contributed by atoms with E-state index in [9.17, 15) is 13.2 Å². The smallest absolute Gasteiger partial charge is 0.264 e. The maximum Gasteiger partial charge on any atom is 0.264 e. The molecule has 0 bridgehead atoms. The largest absolute Gasteiger partial charge is 0.497 e. The zero-order valence-electron chi connectivity index (χ0n) is 17.5. The minimum Gasteiger partial charge on any atom is -0.497 e. The van der Waals surface area contributed by atoms with Gasteiger partial charge in [0.2, 0.25) is 0 Å². The van der Waals surface area contributed by atoms with Crippen LogP contribution in [-0.4, -0.2) is 59.4 Å². The van der Waals surface area contributed by atoms with Gasteiger partial charge in [0.15, 0.2) is 0 Å². The molecule has 30 heavy (non-hydrogen) atoms. The van der Waals surface area contributed by atoms with Crippen molar-refractivity contribution in [2.24, 2.45) is 0 Å². The normalized spacial score (nSPS) is 19.0. The topological polar surface area (TPSA) is 82.1 Å². The van der Waals surface area contributed by atoms with E-state index in [0.717, 1.165) is 11.8 Å². The van der Waals surface area contributed by atoms with E-state index in [4.69, 9.17) is 13.7 Å². The highest BCUT2D eigenvalue weighted by atomic mass is 32.2. The summed E-state index contributed by atoms with van der Waals surface area (Å²) in [5, 5.41) is 0. The van der Waals surface area contributed by atoms with Crippen molar-refractivity contribution in [3.05, 3.63) is 59.7 Å². The number of carbonyl (C=O) groups is 1. The van der Waals surface area contributed by atoms with Gasteiger partial charge in [-0.15, -0.1) is 0 Å². The van der Waals surface area contributed by atoms with Crippen LogP contribution in [0.3, 0.4) is 0 Å². The van der Waals surface area contributed by atoms with Crippen LogP contribution in [-0.2, 0) is 19.7 Å². The average Bonchev–Trinajstić information content (AvgIpc) is 3.18. The summed E-state index contributed by atoms with van der Waals surface area (Å²) >= 11 is 0. The second-order valence-corrected chi connectivity index (χ2v) is 9.11. The van der Waals surface area contributed by atoms with Crippen molar-refractivity contribution in [1.29, 1.82) is 0 Å². The number of rotatable bonds is 8. The minimum atomic E-state index is -3.53. The summed E-state index contributed by atoms with van der Waals surface area (Å²) in [6, 6.07) is 15.0. The Hall–Kier alpha value is -2.58. The molecule has 162 valence electrons. The van der Waals surface area contributed by atoms with Crippen molar-refractivity contribution < 1.29 is 26.9 Å². The van der Waals surface area contributed by atoms with Gasteiger partial charge in [-0.25, -0.2) is 0 Å². The number of nitrogens with zero attached hydrogens (tertiary/aromatic N) is 1. The molecule has 3 rings (SSSR count). The first kappa shape index (κ1) is 22.1. The van der Waals surface area contributed by atoms with E-state index >= 15 is 0 Å². The lowest BCUT2D eigenvalue weighted by atomic mass is 9.77. The number of methoxy groups -OCH3 is 2. The van der Waals surface area contributed by atoms with Crippen LogP contribution in [0, 0.1) is 0 Å². The van der Waals surface area contributed by atoms with Crippen LogP contribution >= 0.6 is 0 Å². The SMILES string of the molecule is COc1ccc(OC)c(C(=O)N2CCC(CCOS(C)(=O)=O)(c3ccccc3)C2)c1. The molecule has 1 amide bonds. The summed E-state index contributed by atoms with van der Waals surface area (Å²) in [6.45, 7) is 1.08. The average molecular weight is 434 g/mol. The molecule has 2 aromatic carbocycles. The lowest BCUT2D eigenvalue weighted by Gasteiger charge is -2.30. The van der Waals surface area contributed by atoms with Gasteiger partial charge in [0.25, 0.3) is 16.0 Å². The summed E-state index contributed by atoms with van der Waals surface area (Å²) in [4.78, 5) is 15.1. The van der Waals surface area contributed by atoms with Crippen LogP contribution in [0.15, 0.2) is 48.5 Å². The second kappa shape index (κ2) is 9.06. The third-order valence-electron chi connectivity index (χ3n) is 5.54. The zero-order chi connectivity index (χ0) is 21.8. The Kier molecular flexibility index (Phi) is 6.67. The Morgan fingerprint density at radius 2 is 1.83 bits per heavy atom. The molecule has 1 aliphatic rings. The molecule has 0 radical (unpaired) electrons. The van der Waals surface area contributed by atoms with Crippen molar-refractivity contribution in [3.8, 4) is 11.5 Å². The second-order valence-electron chi connectivity index (χ2n) is 7.47. The summed E-state index contributed by atoms with van der Waals surface area (Å²) < 4.78 is 38.5. The van der Waals surface area contributed by atoms with E-state index < -0.39 is 10.1 Å². The molecule has 2 aromatic rings. The number of carbonyl (C=O) groups excluding carboxylic acids is 1. The number of ether oxygens (including phenoxy) is 2. The summed E-state index contributed by atoms with van der Waals surface area (Å²) in [7, 11) is -0.448. The fraction of sp³-hybridized carbons (Fsp3) is 0.409. The van der Waals surface area contributed by atoms with Crippen molar-refractivity contribution in [2.75, 3.05) is 40.2 Å². The molecule has 7 nitrogen and oxygen atoms in total. The molecule has 0 saturated carbocycles. The first-order valence-corrected chi connectivity index (χ1v) is 11.5. The molecule has 0 aliphatic carbocycles. The number of amides is 1.